The van der Waals surface area contributed by atoms with Crippen LogP contribution in [0, 0.1) is 0 Å². The fourth-order valence-corrected chi connectivity index (χ4v) is 8.00. The number of aliphatic carboxylic acids is 1. The molecule has 19 nitrogen and oxygen atoms in total. The van der Waals surface area contributed by atoms with Gasteiger partial charge in [0.2, 0.25) is 17.7 Å². The van der Waals surface area contributed by atoms with Crippen LogP contribution in [0.2, 0.25) is 5.02 Å². The van der Waals surface area contributed by atoms with Gasteiger partial charge < -0.3 is 55.0 Å². The molecule has 4 unspecified atom stereocenters. The number of halogens is 1. The van der Waals surface area contributed by atoms with Crippen molar-refractivity contribution in [3.05, 3.63) is 107 Å². The van der Waals surface area contributed by atoms with Crippen molar-refractivity contribution >= 4 is 59.4 Å². The van der Waals surface area contributed by atoms with Crippen LogP contribution in [0.1, 0.15) is 116 Å². The minimum absolute atomic E-state index is 0.0244. The first-order valence-corrected chi connectivity index (χ1v) is 25.1. The van der Waals surface area contributed by atoms with Gasteiger partial charge in [-0.05, 0) is 159 Å². The van der Waals surface area contributed by atoms with Crippen LogP contribution in [0.25, 0.3) is 22.3 Å². The van der Waals surface area contributed by atoms with Gasteiger partial charge in [0.1, 0.15) is 52.5 Å². The van der Waals surface area contributed by atoms with Gasteiger partial charge in [0, 0.05) is 41.7 Å². The lowest BCUT2D eigenvalue weighted by Gasteiger charge is -2.32. The Morgan fingerprint density at radius 2 is 1.33 bits per heavy atom. The van der Waals surface area contributed by atoms with Gasteiger partial charge in [-0.2, -0.15) is 0 Å². The number of nitrogens with one attached hydrogen (secondary N) is 4. The number of ether oxygens (including phenoxy) is 5. The fourth-order valence-electron chi connectivity index (χ4n) is 7.87. The maximum Gasteiger partial charge on any atom is 0.514 e. The summed E-state index contributed by atoms with van der Waals surface area (Å²) in [6, 6.07) is 16.9. The molecule has 5 N–H and O–H groups in total. The van der Waals surface area contributed by atoms with Gasteiger partial charge in [-0.1, -0.05) is 48.0 Å². The summed E-state index contributed by atoms with van der Waals surface area (Å²) in [6.45, 7) is 16.1. The van der Waals surface area contributed by atoms with Crippen molar-refractivity contribution in [1.29, 1.82) is 0 Å². The number of carbonyl (C=O) groups excluding carboxylic acids is 7. The molecule has 1 aliphatic heterocycles. The number of carboxylic acid groups (broad SMARTS) is 1. The van der Waals surface area contributed by atoms with Crippen LogP contribution in [0.5, 0.6) is 11.5 Å². The van der Waals surface area contributed by atoms with E-state index >= 15 is 4.79 Å². The van der Waals surface area contributed by atoms with Gasteiger partial charge in [0.25, 0.3) is 5.91 Å². The van der Waals surface area contributed by atoms with Crippen LogP contribution in [-0.4, -0.2) is 113 Å². The molecule has 5 rings (SSSR count). The third kappa shape index (κ3) is 17.7. The first-order chi connectivity index (χ1) is 35.5. The molecular weight excluding hydrogens is 1000 g/mol. The van der Waals surface area contributed by atoms with E-state index in [9.17, 15) is 38.7 Å². The van der Waals surface area contributed by atoms with Crippen LogP contribution < -0.4 is 30.7 Å². The smallest absolute Gasteiger partial charge is 0.481 e. The zero-order valence-electron chi connectivity index (χ0n) is 44.7. The van der Waals surface area contributed by atoms with E-state index in [-0.39, 0.29) is 59.6 Å². The molecule has 0 spiro atoms. The van der Waals surface area contributed by atoms with E-state index in [0.717, 1.165) is 16.0 Å². The Labute approximate surface area is 447 Å². The average Bonchev–Trinajstić information content (AvgIpc) is 3.31. The molecule has 0 fully saturated rings. The number of carbonyl (C=O) groups is 8. The number of benzene rings is 4. The van der Waals surface area contributed by atoms with Gasteiger partial charge in [-0.15, -0.1) is 0 Å². The monoisotopic (exact) mass is 1070 g/mol. The molecule has 408 valence electrons. The molecule has 76 heavy (non-hydrogen) atoms. The molecule has 0 saturated carbocycles. The number of alkyl carbamates (subject to hydrolysis) is 1. The summed E-state index contributed by atoms with van der Waals surface area (Å²) >= 11 is 6.10. The summed E-state index contributed by atoms with van der Waals surface area (Å²) in [5, 5.41) is 21.5. The van der Waals surface area contributed by atoms with Crippen LogP contribution in [-0.2, 0) is 44.6 Å². The first kappa shape index (κ1) is 59.2. The molecule has 4 bridgehead atoms. The normalized spacial score (nSPS) is 16.3. The third-order valence-corrected chi connectivity index (χ3v) is 11.6. The Hall–Kier alpha value is -7.67. The number of esters is 1. The molecule has 4 aromatic carbocycles. The zero-order valence-corrected chi connectivity index (χ0v) is 45.5. The summed E-state index contributed by atoms with van der Waals surface area (Å²) in [5.74, 6) is -5.30. The van der Waals surface area contributed by atoms with E-state index in [1.165, 1.54) is 50.4 Å². The van der Waals surface area contributed by atoms with E-state index in [0.29, 0.717) is 17.0 Å². The van der Waals surface area contributed by atoms with Crippen molar-refractivity contribution in [2.24, 2.45) is 0 Å². The molecule has 0 radical (unpaired) electrons. The van der Waals surface area contributed by atoms with Crippen LogP contribution in [0.3, 0.4) is 0 Å². The van der Waals surface area contributed by atoms with Crippen LogP contribution >= 0.6 is 11.6 Å². The van der Waals surface area contributed by atoms with Gasteiger partial charge in [0.15, 0.2) is 6.61 Å². The number of nitrogens with zero attached hydrogens (tertiary/aromatic N) is 1. The molecule has 4 atom stereocenters. The summed E-state index contributed by atoms with van der Waals surface area (Å²) in [4.78, 5) is 110. The second-order valence-electron chi connectivity index (χ2n) is 21.2. The van der Waals surface area contributed by atoms with Gasteiger partial charge >= 0.3 is 24.2 Å². The molecule has 1 aliphatic rings. The predicted molar refractivity (Wildman–Crippen MR) is 283 cm³/mol. The minimum Gasteiger partial charge on any atom is -0.481 e. The Balaban J connectivity index is 1.63. The van der Waals surface area contributed by atoms with E-state index in [2.05, 4.69) is 21.3 Å². The van der Waals surface area contributed by atoms with E-state index in [1.54, 1.807) is 98.7 Å². The number of fused-ring (bicyclic) bond motifs is 5. The van der Waals surface area contributed by atoms with Crippen molar-refractivity contribution in [3.63, 3.8) is 0 Å². The largest absolute Gasteiger partial charge is 0.514 e. The Bertz CT molecular complexity index is 2780. The molecule has 1 heterocycles. The Morgan fingerprint density at radius 3 is 1.93 bits per heavy atom. The fraction of sp³-hybridized carbons (Fsp3) is 0.429. The Morgan fingerprint density at radius 1 is 0.737 bits per heavy atom. The number of hydrogen-bond acceptors (Lipinski definition) is 13. The summed E-state index contributed by atoms with van der Waals surface area (Å²) in [7, 11) is 1.34. The highest BCUT2D eigenvalue weighted by molar-refractivity contribution is 6.30. The van der Waals surface area contributed by atoms with Crippen molar-refractivity contribution in [2.45, 2.75) is 136 Å². The van der Waals surface area contributed by atoms with Crippen molar-refractivity contribution in [1.82, 2.24) is 26.2 Å². The predicted octanol–water partition coefficient (Wildman–Crippen LogP) is 8.33. The van der Waals surface area contributed by atoms with E-state index in [1.807, 2.05) is 12.1 Å². The number of carboxylic acids is 1. The number of rotatable bonds is 15. The van der Waals surface area contributed by atoms with E-state index in [4.69, 9.17) is 35.3 Å². The molecule has 4 aromatic rings. The summed E-state index contributed by atoms with van der Waals surface area (Å²) in [5.41, 5.74) is -0.0304. The molecule has 5 amide bonds. The lowest BCUT2D eigenvalue weighted by molar-refractivity contribution is -0.157. The number of likely N-dealkylation sites (N-methyl/N-ethyl adjacent to an activating group) is 1. The summed E-state index contributed by atoms with van der Waals surface area (Å²) < 4.78 is 28.2. The second-order valence-corrected chi connectivity index (χ2v) is 21.7. The second kappa shape index (κ2) is 25.2. The van der Waals surface area contributed by atoms with Crippen LogP contribution in [0.15, 0.2) is 84.9 Å². The maximum atomic E-state index is 15.1. The SMILES string of the molecule is CC1NC(=O)C(N(C)C(=O)C(CCCCNC(=O)OC(C)(C)C)NC(=O)c2ccc(-c3ccc(Cl)cc3)cc2)c2ccc(OC(=O)OC(C)(C)C)c(c2)-c2cc(ccc2OCC(=O)OC(C)(C)C)CC(C(=O)O)NC1=O. The van der Waals surface area contributed by atoms with Crippen molar-refractivity contribution in [2.75, 3.05) is 20.2 Å². The van der Waals surface area contributed by atoms with Gasteiger partial charge in [-0.25, -0.2) is 19.2 Å². The molecule has 0 saturated heterocycles. The summed E-state index contributed by atoms with van der Waals surface area (Å²) in [6.07, 6.45) is -1.33. The highest BCUT2D eigenvalue weighted by Crippen LogP contribution is 2.41. The zero-order chi connectivity index (χ0) is 56.3. The Kier molecular flexibility index (Phi) is 19.7. The quantitative estimate of drug-likeness (QED) is 0.0325. The highest BCUT2D eigenvalue weighted by atomic mass is 35.5. The van der Waals surface area contributed by atoms with Gasteiger partial charge in [0.05, 0.1) is 0 Å². The highest BCUT2D eigenvalue weighted by Gasteiger charge is 2.37. The lowest BCUT2D eigenvalue weighted by atomic mass is 9.93. The number of unbranched alkanes of at least 4 members (excludes halogenated alkanes) is 1. The number of hydrogen-bond donors (Lipinski definition) is 5. The molecular formula is C56H68ClN5O14. The van der Waals surface area contributed by atoms with Gasteiger partial charge in [-0.3, -0.25) is 19.2 Å². The minimum atomic E-state index is -1.60. The molecule has 0 aromatic heterocycles. The molecule has 0 aliphatic carbocycles. The van der Waals surface area contributed by atoms with Crippen LogP contribution in [0.4, 0.5) is 9.59 Å². The van der Waals surface area contributed by atoms with Crippen molar-refractivity contribution < 1.29 is 67.1 Å². The third-order valence-electron chi connectivity index (χ3n) is 11.3. The standard InChI is InChI=1S/C56H68ClN5O14/c1-32-47(64)61-42(51(68)69)29-33-15-25-43(72-31-45(63)74-54(2,3)4)39(28-33)40-30-37(22-26-44(40)73-53(71)76-56(8,9)10)46(49(66)59-32)62(11)50(67)41(14-12-13-27-58-52(70)75-55(5,6)7)60-48(65)36-18-16-34(17-19-36)35-20-23-38(57)24-21-35/h15-26,28,30,32,41-42,46H,12-14,27,29,31H2,1-11H3,(H,58,70)(H,59,66)(H,60,65)(H,61,64)(H,68,69). The van der Waals surface area contributed by atoms with E-state index < -0.39 is 95.4 Å². The number of amides is 5. The maximum absolute atomic E-state index is 15.1. The first-order valence-electron chi connectivity index (χ1n) is 24.7. The topological polar surface area (TPSA) is 254 Å². The average molecular weight is 1070 g/mol. The van der Waals surface area contributed by atoms with Crippen molar-refractivity contribution in [3.8, 4) is 33.8 Å². The lowest BCUT2D eigenvalue weighted by Crippen LogP contribution is -2.54. The molecule has 20 heteroatoms.